The van der Waals surface area contributed by atoms with E-state index in [9.17, 15) is 0 Å². The summed E-state index contributed by atoms with van der Waals surface area (Å²) in [5.74, 6) is 0. The monoisotopic (exact) mass is 210 g/mol. The number of hydrogen-bond donors (Lipinski definition) is 1. The molecule has 51 valence electrons. The van der Waals surface area contributed by atoms with Crippen molar-refractivity contribution in [2.75, 3.05) is 0 Å². The minimum Gasteiger partial charge on any atom is -0.484 e. The standard InChI is InChI=1S/C7H10N.Ru/c1-2-3-7-4-5-8-6-7;/h4-5,8H,2-3H2,1H3;/q-1;+1. The molecule has 0 fully saturated rings. The molecule has 0 spiro atoms. The summed E-state index contributed by atoms with van der Waals surface area (Å²) in [4.78, 5) is 2.89. The molecule has 1 aromatic heterocycles. The molecule has 0 aliphatic rings. The second kappa shape index (κ2) is 4.75. The van der Waals surface area contributed by atoms with E-state index in [1.807, 2.05) is 6.20 Å². The Morgan fingerprint density at radius 1 is 1.67 bits per heavy atom. The summed E-state index contributed by atoms with van der Waals surface area (Å²) < 4.78 is 0. The van der Waals surface area contributed by atoms with Crippen molar-refractivity contribution in [3.8, 4) is 0 Å². The molecule has 1 heterocycles. The molecule has 1 rings (SSSR count). The van der Waals surface area contributed by atoms with E-state index in [0.717, 1.165) is 6.42 Å². The smallest absolute Gasteiger partial charge is 0.484 e. The zero-order chi connectivity index (χ0) is 5.82. The topological polar surface area (TPSA) is 15.8 Å². The van der Waals surface area contributed by atoms with E-state index in [2.05, 4.69) is 24.2 Å². The van der Waals surface area contributed by atoms with E-state index < -0.39 is 0 Å². The Bertz CT molecular complexity index is 135. The van der Waals surface area contributed by atoms with Crippen molar-refractivity contribution in [3.05, 3.63) is 24.0 Å². The van der Waals surface area contributed by atoms with Crippen molar-refractivity contribution >= 4 is 0 Å². The first-order chi connectivity index (χ1) is 3.93. The molecule has 9 heavy (non-hydrogen) atoms. The van der Waals surface area contributed by atoms with E-state index in [4.69, 9.17) is 0 Å². The third-order valence-electron chi connectivity index (χ3n) is 1.12. The van der Waals surface area contributed by atoms with Gasteiger partial charge in [0.2, 0.25) is 0 Å². The molecule has 1 N–H and O–H groups in total. The van der Waals surface area contributed by atoms with Gasteiger partial charge in [-0.3, -0.25) is 0 Å². The molecular weight excluding hydrogens is 199 g/mol. The average molecular weight is 209 g/mol. The van der Waals surface area contributed by atoms with Gasteiger partial charge >= 0.3 is 19.5 Å². The first-order valence-corrected chi connectivity index (χ1v) is 2.97. The van der Waals surface area contributed by atoms with Gasteiger partial charge in [-0.25, -0.2) is 0 Å². The summed E-state index contributed by atoms with van der Waals surface area (Å²) in [7, 11) is 0. The largest absolute Gasteiger partial charge is 1.00 e. The molecule has 0 saturated heterocycles. The molecule has 1 nitrogen and oxygen atoms in total. The van der Waals surface area contributed by atoms with Crippen LogP contribution in [0.25, 0.3) is 0 Å². The Morgan fingerprint density at radius 2 is 2.44 bits per heavy atom. The number of aromatic amines is 1. The summed E-state index contributed by atoms with van der Waals surface area (Å²) in [6, 6.07) is 2.06. The van der Waals surface area contributed by atoms with Gasteiger partial charge < -0.3 is 4.98 Å². The Kier molecular flexibility index (Phi) is 4.70. The Labute approximate surface area is 68.6 Å². The third kappa shape index (κ3) is 2.81. The molecule has 0 bridgehead atoms. The Morgan fingerprint density at radius 3 is 2.89 bits per heavy atom. The van der Waals surface area contributed by atoms with Gasteiger partial charge in [-0.1, -0.05) is 19.8 Å². The van der Waals surface area contributed by atoms with Gasteiger partial charge in [-0.15, -0.1) is 6.20 Å². The van der Waals surface area contributed by atoms with Crippen molar-refractivity contribution in [1.82, 2.24) is 4.98 Å². The van der Waals surface area contributed by atoms with Gasteiger partial charge in [0.1, 0.15) is 0 Å². The first-order valence-electron chi connectivity index (χ1n) is 2.97. The third-order valence-corrected chi connectivity index (χ3v) is 1.12. The van der Waals surface area contributed by atoms with Gasteiger partial charge in [-0.05, 0) is 0 Å². The molecule has 2 heteroatoms. The number of nitrogens with one attached hydrogen (secondary N) is 1. The summed E-state index contributed by atoms with van der Waals surface area (Å²) in [5, 5.41) is 0. The minimum atomic E-state index is 0. The van der Waals surface area contributed by atoms with Crippen molar-refractivity contribution in [3.63, 3.8) is 0 Å². The van der Waals surface area contributed by atoms with E-state index >= 15 is 0 Å². The summed E-state index contributed by atoms with van der Waals surface area (Å²) in [6.45, 7) is 2.17. The molecule has 0 unspecified atom stereocenters. The van der Waals surface area contributed by atoms with Gasteiger partial charge in [0.25, 0.3) is 0 Å². The number of hydrogen-bond acceptors (Lipinski definition) is 0. The normalized spacial score (nSPS) is 8.56. The SMILES string of the molecule is CCCc1[c-][nH]cc1.[Ru+]. The van der Waals surface area contributed by atoms with Crippen LogP contribution in [0.5, 0.6) is 0 Å². The molecule has 0 saturated carbocycles. The van der Waals surface area contributed by atoms with Crippen LogP contribution in [0, 0.1) is 6.20 Å². The van der Waals surface area contributed by atoms with E-state index in [-0.39, 0.29) is 19.5 Å². The van der Waals surface area contributed by atoms with Gasteiger partial charge in [0.05, 0.1) is 0 Å². The van der Waals surface area contributed by atoms with Crippen LogP contribution in [0.4, 0.5) is 0 Å². The number of H-pyrrole nitrogens is 1. The second-order valence-corrected chi connectivity index (χ2v) is 1.88. The molecular formula is C7H10NRu. The molecule has 0 aliphatic carbocycles. The van der Waals surface area contributed by atoms with Gasteiger partial charge in [0, 0.05) is 0 Å². The molecule has 0 aliphatic heterocycles. The zero-order valence-electron chi connectivity index (χ0n) is 5.42. The Balaban J connectivity index is 0.000000640. The number of aryl methyl sites for hydroxylation is 1. The van der Waals surface area contributed by atoms with Crippen molar-refractivity contribution in [1.29, 1.82) is 0 Å². The maximum absolute atomic E-state index is 3.01. The van der Waals surface area contributed by atoms with Crippen LogP contribution < -0.4 is 0 Å². The second-order valence-electron chi connectivity index (χ2n) is 1.88. The van der Waals surface area contributed by atoms with Crippen LogP contribution in [0.2, 0.25) is 0 Å². The Hall–Kier alpha value is -0.0966. The maximum Gasteiger partial charge on any atom is 1.00 e. The van der Waals surface area contributed by atoms with Crippen LogP contribution in [0.1, 0.15) is 18.9 Å². The fourth-order valence-corrected chi connectivity index (χ4v) is 0.733. The van der Waals surface area contributed by atoms with Crippen molar-refractivity contribution < 1.29 is 19.5 Å². The van der Waals surface area contributed by atoms with Gasteiger partial charge in [-0.2, -0.15) is 17.8 Å². The molecule has 1 aromatic rings. The van der Waals surface area contributed by atoms with Crippen LogP contribution in [-0.4, -0.2) is 4.98 Å². The van der Waals surface area contributed by atoms with Crippen molar-refractivity contribution in [2.24, 2.45) is 0 Å². The fraction of sp³-hybridized carbons (Fsp3) is 0.429. The van der Waals surface area contributed by atoms with E-state index in [1.165, 1.54) is 12.0 Å². The average Bonchev–Trinajstić information content (AvgIpc) is 2.19. The summed E-state index contributed by atoms with van der Waals surface area (Å²) >= 11 is 0. The predicted molar refractivity (Wildman–Crippen MR) is 33.6 cm³/mol. The van der Waals surface area contributed by atoms with Crippen molar-refractivity contribution in [2.45, 2.75) is 19.8 Å². The fourth-order valence-electron chi connectivity index (χ4n) is 0.733. The van der Waals surface area contributed by atoms with Crippen LogP contribution in [0.3, 0.4) is 0 Å². The molecule has 1 radical (unpaired) electrons. The van der Waals surface area contributed by atoms with Crippen LogP contribution in [-0.2, 0) is 25.9 Å². The van der Waals surface area contributed by atoms with E-state index in [1.54, 1.807) is 0 Å². The molecule has 0 amide bonds. The van der Waals surface area contributed by atoms with E-state index in [0.29, 0.717) is 0 Å². The minimum absolute atomic E-state index is 0. The predicted octanol–water partition coefficient (Wildman–Crippen LogP) is 1.76. The van der Waals surface area contributed by atoms with Crippen LogP contribution in [0.15, 0.2) is 12.3 Å². The summed E-state index contributed by atoms with van der Waals surface area (Å²) in [5.41, 5.74) is 1.28. The quantitative estimate of drug-likeness (QED) is 0.564. The van der Waals surface area contributed by atoms with Gasteiger partial charge in [0.15, 0.2) is 0 Å². The molecule has 0 aromatic carbocycles. The van der Waals surface area contributed by atoms with Crippen LogP contribution >= 0.6 is 0 Å². The maximum atomic E-state index is 3.01. The number of rotatable bonds is 2. The zero-order valence-corrected chi connectivity index (χ0v) is 7.16. The summed E-state index contributed by atoms with van der Waals surface area (Å²) in [6.07, 6.45) is 7.27. The number of aromatic nitrogens is 1. The first kappa shape index (κ1) is 8.90. The molecule has 0 atom stereocenters.